The Labute approximate surface area is 175 Å². The molecule has 8 nitrogen and oxygen atoms in total. The minimum atomic E-state index is -3.98. The molecule has 0 spiro atoms. The van der Waals surface area contributed by atoms with Crippen molar-refractivity contribution in [3.63, 3.8) is 0 Å². The van der Waals surface area contributed by atoms with E-state index in [0.29, 0.717) is 12.3 Å². The molecule has 2 rings (SSSR count). The maximum absolute atomic E-state index is 12.2. The molecule has 0 fully saturated rings. The number of hydrogen-bond acceptors (Lipinski definition) is 6. The third-order valence-electron chi connectivity index (χ3n) is 3.87. The van der Waals surface area contributed by atoms with Gasteiger partial charge >= 0.3 is 5.97 Å². The average molecular weight is 432 g/mol. The number of para-hydroxylation sites is 1. The van der Waals surface area contributed by atoms with Gasteiger partial charge in [0.15, 0.2) is 9.84 Å². The van der Waals surface area contributed by atoms with Gasteiger partial charge in [-0.05, 0) is 36.8 Å². The quantitative estimate of drug-likeness (QED) is 0.440. The number of benzene rings is 2. The number of carbonyl (C=O) groups is 3. The SMILES string of the molecule is CCCCOC(=O)c1cccc(NC(=O)CS(=O)(=O)CC(=O)Nc2ccccc2)c1. The molecule has 0 aliphatic heterocycles. The van der Waals surface area contributed by atoms with E-state index in [-0.39, 0.29) is 11.3 Å². The molecule has 9 heteroatoms. The van der Waals surface area contributed by atoms with E-state index in [1.807, 2.05) is 6.92 Å². The molecule has 0 aliphatic rings. The van der Waals surface area contributed by atoms with E-state index in [9.17, 15) is 22.8 Å². The predicted molar refractivity (Wildman–Crippen MR) is 114 cm³/mol. The van der Waals surface area contributed by atoms with Gasteiger partial charge in [-0.3, -0.25) is 9.59 Å². The van der Waals surface area contributed by atoms with Gasteiger partial charge in [-0.25, -0.2) is 13.2 Å². The number of nitrogens with one attached hydrogen (secondary N) is 2. The Balaban J connectivity index is 1.90. The first-order valence-corrected chi connectivity index (χ1v) is 11.2. The van der Waals surface area contributed by atoms with Crippen LogP contribution in [0.3, 0.4) is 0 Å². The zero-order chi connectivity index (χ0) is 22.0. The second-order valence-corrected chi connectivity index (χ2v) is 8.63. The highest BCUT2D eigenvalue weighted by Gasteiger charge is 2.21. The molecule has 0 saturated heterocycles. The molecule has 0 saturated carbocycles. The van der Waals surface area contributed by atoms with Crippen molar-refractivity contribution in [1.29, 1.82) is 0 Å². The topological polar surface area (TPSA) is 119 Å². The summed E-state index contributed by atoms with van der Waals surface area (Å²) in [4.78, 5) is 36.0. The van der Waals surface area contributed by atoms with Crippen LogP contribution in [0, 0.1) is 0 Å². The van der Waals surface area contributed by atoms with Crippen LogP contribution in [0.4, 0.5) is 11.4 Å². The molecule has 2 aromatic rings. The van der Waals surface area contributed by atoms with Gasteiger partial charge in [-0.2, -0.15) is 0 Å². The minimum absolute atomic E-state index is 0.244. The number of unbranched alkanes of at least 4 members (excludes halogenated alkanes) is 1. The van der Waals surface area contributed by atoms with E-state index in [2.05, 4.69) is 10.6 Å². The number of esters is 1. The smallest absolute Gasteiger partial charge is 0.338 e. The van der Waals surface area contributed by atoms with Crippen molar-refractivity contribution >= 4 is 39.0 Å². The second-order valence-electron chi connectivity index (χ2n) is 6.56. The highest BCUT2D eigenvalue weighted by molar-refractivity contribution is 7.92. The van der Waals surface area contributed by atoms with Crippen LogP contribution in [0.25, 0.3) is 0 Å². The van der Waals surface area contributed by atoms with E-state index in [1.165, 1.54) is 18.2 Å². The van der Waals surface area contributed by atoms with E-state index in [1.54, 1.807) is 36.4 Å². The highest BCUT2D eigenvalue weighted by Crippen LogP contribution is 2.12. The summed E-state index contributed by atoms with van der Waals surface area (Å²) in [5.41, 5.74) is 0.965. The van der Waals surface area contributed by atoms with Crippen LogP contribution >= 0.6 is 0 Å². The minimum Gasteiger partial charge on any atom is -0.462 e. The van der Waals surface area contributed by atoms with Crippen LogP contribution in [-0.2, 0) is 24.2 Å². The fourth-order valence-electron chi connectivity index (χ4n) is 2.48. The largest absolute Gasteiger partial charge is 0.462 e. The fourth-order valence-corrected chi connectivity index (χ4v) is 3.53. The van der Waals surface area contributed by atoms with Gasteiger partial charge in [0.05, 0.1) is 12.2 Å². The van der Waals surface area contributed by atoms with Crippen LogP contribution in [0.1, 0.15) is 30.1 Å². The Morgan fingerprint density at radius 1 is 0.867 bits per heavy atom. The first-order chi connectivity index (χ1) is 14.3. The number of carbonyl (C=O) groups excluding carboxylic acids is 3. The molecule has 0 heterocycles. The van der Waals surface area contributed by atoms with Crippen LogP contribution in [0.2, 0.25) is 0 Å². The maximum atomic E-state index is 12.2. The van der Waals surface area contributed by atoms with E-state index in [4.69, 9.17) is 4.74 Å². The standard InChI is InChI=1S/C21H24N2O6S/c1-2-3-12-29-21(26)16-8-7-11-18(13-16)23-20(25)15-30(27,28)14-19(24)22-17-9-5-4-6-10-17/h4-11,13H,2-3,12,14-15H2,1H3,(H,22,24)(H,23,25). The molecule has 2 N–H and O–H groups in total. The Hall–Kier alpha value is -3.20. The van der Waals surface area contributed by atoms with E-state index in [0.717, 1.165) is 12.8 Å². The van der Waals surface area contributed by atoms with Crippen molar-refractivity contribution in [1.82, 2.24) is 0 Å². The van der Waals surface area contributed by atoms with E-state index < -0.39 is 39.1 Å². The van der Waals surface area contributed by atoms with Crippen LogP contribution in [-0.4, -0.2) is 44.3 Å². The summed E-state index contributed by atoms with van der Waals surface area (Å²) in [6.07, 6.45) is 1.64. The Morgan fingerprint density at radius 2 is 1.47 bits per heavy atom. The number of ether oxygens (including phenoxy) is 1. The average Bonchev–Trinajstić information content (AvgIpc) is 2.68. The molecule has 0 bridgehead atoms. The van der Waals surface area contributed by atoms with Crippen LogP contribution < -0.4 is 10.6 Å². The lowest BCUT2D eigenvalue weighted by Crippen LogP contribution is -2.30. The summed E-state index contributed by atoms with van der Waals surface area (Å²) in [7, 11) is -3.98. The monoisotopic (exact) mass is 432 g/mol. The molecular weight excluding hydrogens is 408 g/mol. The van der Waals surface area contributed by atoms with Crippen molar-refractivity contribution in [2.45, 2.75) is 19.8 Å². The van der Waals surface area contributed by atoms with Crippen molar-refractivity contribution in [2.75, 3.05) is 28.7 Å². The molecule has 0 radical (unpaired) electrons. The molecule has 0 aromatic heterocycles. The molecule has 0 atom stereocenters. The number of hydrogen-bond donors (Lipinski definition) is 2. The summed E-state index contributed by atoms with van der Waals surface area (Å²) in [6.45, 7) is 2.28. The number of sulfone groups is 1. The lowest BCUT2D eigenvalue weighted by Gasteiger charge is -2.09. The first-order valence-electron chi connectivity index (χ1n) is 9.41. The summed E-state index contributed by atoms with van der Waals surface area (Å²) < 4.78 is 29.4. The van der Waals surface area contributed by atoms with Crippen molar-refractivity contribution in [3.8, 4) is 0 Å². The first kappa shape index (κ1) is 23.1. The molecule has 2 aromatic carbocycles. The lowest BCUT2D eigenvalue weighted by molar-refractivity contribution is -0.114. The van der Waals surface area contributed by atoms with Gasteiger partial charge in [0, 0.05) is 11.4 Å². The Morgan fingerprint density at radius 3 is 2.10 bits per heavy atom. The molecule has 0 unspecified atom stereocenters. The van der Waals surface area contributed by atoms with Gasteiger partial charge in [-0.15, -0.1) is 0 Å². The Bertz CT molecular complexity index is 990. The summed E-state index contributed by atoms with van der Waals surface area (Å²) in [5, 5.41) is 4.89. The second kappa shape index (κ2) is 11.1. The third kappa shape index (κ3) is 8.04. The fraction of sp³-hybridized carbons (Fsp3) is 0.286. The summed E-state index contributed by atoms with van der Waals surface area (Å²) >= 11 is 0. The van der Waals surface area contributed by atoms with Crippen molar-refractivity contribution < 1.29 is 27.5 Å². The van der Waals surface area contributed by atoms with Crippen LogP contribution in [0.5, 0.6) is 0 Å². The normalized spacial score (nSPS) is 10.8. The van der Waals surface area contributed by atoms with Gasteiger partial charge in [-0.1, -0.05) is 37.6 Å². The van der Waals surface area contributed by atoms with E-state index >= 15 is 0 Å². The lowest BCUT2D eigenvalue weighted by atomic mass is 10.2. The van der Waals surface area contributed by atoms with Gasteiger partial charge < -0.3 is 15.4 Å². The van der Waals surface area contributed by atoms with Gasteiger partial charge in [0.25, 0.3) is 0 Å². The molecule has 2 amide bonds. The highest BCUT2D eigenvalue weighted by atomic mass is 32.2. The van der Waals surface area contributed by atoms with Crippen molar-refractivity contribution in [3.05, 3.63) is 60.2 Å². The third-order valence-corrected chi connectivity index (χ3v) is 5.28. The summed E-state index contributed by atoms with van der Waals surface area (Å²) in [5.74, 6) is -3.74. The van der Waals surface area contributed by atoms with Crippen molar-refractivity contribution in [2.24, 2.45) is 0 Å². The van der Waals surface area contributed by atoms with Crippen LogP contribution in [0.15, 0.2) is 54.6 Å². The molecule has 160 valence electrons. The summed E-state index contributed by atoms with van der Waals surface area (Å²) in [6, 6.07) is 14.4. The van der Waals surface area contributed by atoms with Gasteiger partial charge in [0.1, 0.15) is 11.5 Å². The number of rotatable bonds is 10. The number of amides is 2. The predicted octanol–water partition coefficient (Wildman–Crippen LogP) is 2.64. The van der Waals surface area contributed by atoms with Gasteiger partial charge in [0.2, 0.25) is 11.8 Å². The number of anilines is 2. The molecule has 30 heavy (non-hydrogen) atoms. The molecular formula is C21H24N2O6S. The molecule has 0 aliphatic carbocycles. The zero-order valence-electron chi connectivity index (χ0n) is 16.6. The Kier molecular flexibility index (Phi) is 8.54. The zero-order valence-corrected chi connectivity index (χ0v) is 17.4. The maximum Gasteiger partial charge on any atom is 0.338 e.